The Morgan fingerprint density at radius 3 is 2.63 bits per heavy atom. The summed E-state index contributed by atoms with van der Waals surface area (Å²) in [6.45, 7) is 1.43. The topological polar surface area (TPSA) is 87.2 Å². The first kappa shape index (κ1) is 18.7. The second-order valence-electron chi connectivity index (χ2n) is 7.03. The summed E-state index contributed by atoms with van der Waals surface area (Å²) in [6.07, 6.45) is 3.11. The van der Waals surface area contributed by atoms with E-state index in [2.05, 4.69) is 6.07 Å². The fourth-order valence-corrected chi connectivity index (χ4v) is 3.59. The highest BCUT2D eigenvalue weighted by Gasteiger charge is 2.24. The Morgan fingerprint density at radius 2 is 1.93 bits per heavy atom. The van der Waals surface area contributed by atoms with Crippen LogP contribution in [0.3, 0.4) is 0 Å². The first-order valence-corrected chi connectivity index (χ1v) is 9.25. The number of hydrogen-bond donors (Lipinski definition) is 1. The number of nitrogens with two attached hydrogens (primary N) is 1. The molecule has 2 N–H and O–H groups in total. The van der Waals surface area contributed by atoms with Gasteiger partial charge in [0.15, 0.2) is 0 Å². The smallest absolute Gasteiger partial charge is 0.253 e. The van der Waals surface area contributed by atoms with Crippen LogP contribution in [0.5, 0.6) is 0 Å². The molecule has 0 bridgehead atoms. The molecule has 1 saturated heterocycles. The van der Waals surface area contributed by atoms with Crippen molar-refractivity contribution < 1.29 is 9.59 Å². The zero-order chi connectivity index (χ0) is 19.2. The molecule has 0 aromatic heterocycles. The van der Waals surface area contributed by atoms with Crippen molar-refractivity contribution in [2.75, 3.05) is 13.1 Å². The molecule has 5 nitrogen and oxygen atoms in total. The van der Waals surface area contributed by atoms with Gasteiger partial charge < -0.3 is 10.6 Å². The van der Waals surface area contributed by atoms with E-state index in [0.717, 1.165) is 36.9 Å². The van der Waals surface area contributed by atoms with Crippen molar-refractivity contribution in [2.45, 2.75) is 25.7 Å². The molecule has 0 spiro atoms. The van der Waals surface area contributed by atoms with Gasteiger partial charge in [0.25, 0.3) is 5.91 Å². The van der Waals surface area contributed by atoms with Crippen LogP contribution in [-0.2, 0) is 4.79 Å². The number of benzene rings is 2. The van der Waals surface area contributed by atoms with E-state index in [1.165, 1.54) is 0 Å². The molecule has 2 amide bonds. The van der Waals surface area contributed by atoms with Gasteiger partial charge in [-0.3, -0.25) is 9.59 Å². The van der Waals surface area contributed by atoms with E-state index in [1.807, 2.05) is 47.4 Å². The lowest BCUT2D eigenvalue weighted by Crippen LogP contribution is -2.40. The molecule has 1 aliphatic heterocycles. The molecule has 0 unspecified atom stereocenters. The third-order valence-corrected chi connectivity index (χ3v) is 5.06. The van der Waals surface area contributed by atoms with E-state index in [0.29, 0.717) is 30.0 Å². The number of rotatable bonds is 5. The maximum atomic E-state index is 12.8. The SMILES string of the molecule is N#Cc1cccc(-c2ccc(C(=O)N3CCC[C@@H](CCC(N)=O)C3)cc2)c1. The third kappa shape index (κ3) is 4.73. The molecule has 2 aromatic rings. The minimum Gasteiger partial charge on any atom is -0.370 e. The molecule has 1 fully saturated rings. The quantitative estimate of drug-likeness (QED) is 0.886. The molecule has 3 rings (SSSR count). The fourth-order valence-electron chi connectivity index (χ4n) is 3.59. The van der Waals surface area contributed by atoms with Crippen LogP contribution in [0.2, 0.25) is 0 Å². The molecule has 1 aliphatic rings. The Balaban J connectivity index is 1.68. The monoisotopic (exact) mass is 361 g/mol. The Kier molecular flexibility index (Phi) is 5.87. The molecule has 138 valence electrons. The van der Waals surface area contributed by atoms with E-state index in [4.69, 9.17) is 11.0 Å². The zero-order valence-corrected chi connectivity index (χ0v) is 15.2. The average molecular weight is 361 g/mol. The lowest BCUT2D eigenvalue weighted by molar-refractivity contribution is -0.118. The van der Waals surface area contributed by atoms with Crippen LogP contribution in [0.15, 0.2) is 48.5 Å². The van der Waals surface area contributed by atoms with E-state index in [-0.39, 0.29) is 11.8 Å². The van der Waals surface area contributed by atoms with Gasteiger partial charge in [0, 0.05) is 25.1 Å². The lowest BCUT2D eigenvalue weighted by atomic mass is 9.92. The number of amides is 2. The number of carbonyl (C=O) groups excluding carboxylic acids is 2. The number of piperidine rings is 1. The summed E-state index contributed by atoms with van der Waals surface area (Å²) in [7, 11) is 0. The second kappa shape index (κ2) is 8.50. The molecular formula is C22H23N3O2. The van der Waals surface area contributed by atoms with Gasteiger partial charge in [0.1, 0.15) is 0 Å². The van der Waals surface area contributed by atoms with Crippen LogP contribution in [0.1, 0.15) is 41.6 Å². The maximum Gasteiger partial charge on any atom is 0.253 e. The van der Waals surface area contributed by atoms with Gasteiger partial charge in [-0.05, 0) is 60.6 Å². The summed E-state index contributed by atoms with van der Waals surface area (Å²) in [5.74, 6) is 0.0776. The number of hydrogen-bond acceptors (Lipinski definition) is 3. The molecular weight excluding hydrogens is 338 g/mol. The minimum absolute atomic E-state index is 0.0242. The molecule has 1 heterocycles. The predicted octanol–water partition coefficient (Wildman–Crippen LogP) is 3.34. The molecule has 1 atom stereocenters. The standard InChI is InChI=1S/C22H23N3O2/c23-14-17-3-1-5-20(13-17)18-7-9-19(10-8-18)22(27)25-12-2-4-16(15-25)6-11-21(24)26/h1,3,5,7-10,13,16H,2,4,6,11-12,15H2,(H2,24,26)/t16-/m0/s1. The Morgan fingerprint density at radius 1 is 1.15 bits per heavy atom. The van der Waals surface area contributed by atoms with Crippen LogP contribution in [0.25, 0.3) is 11.1 Å². The first-order chi connectivity index (χ1) is 13.1. The Bertz CT molecular complexity index is 868. The van der Waals surface area contributed by atoms with Crippen molar-refractivity contribution in [2.24, 2.45) is 11.7 Å². The molecule has 0 aliphatic carbocycles. The van der Waals surface area contributed by atoms with Crippen molar-refractivity contribution in [1.82, 2.24) is 4.90 Å². The lowest BCUT2D eigenvalue weighted by Gasteiger charge is -2.32. The van der Waals surface area contributed by atoms with Crippen molar-refractivity contribution in [3.63, 3.8) is 0 Å². The largest absolute Gasteiger partial charge is 0.370 e. The molecule has 0 radical (unpaired) electrons. The van der Waals surface area contributed by atoms with E-state index < -0.39 is 0 Å². The number of primary amides is 1. The molecule has 27 heavy (non-hydrogen) atoms. The second-order valence-corrected chi connectivity index (χ2v) is 7.03. The Hall–Kier alpha value is -3.13. The van der Waals surface area contributed by atoms with E-state index in [9.17, 15) is 9.59 Å². The van der Waals surface area contributed by atoms with Gasteiger partial charge in [0.2, 0.25) is 5.91 Å². The number of nitrogens with zero attached hydrogens (tertiary/aromatic N) is 2. The van der Waals surface area contributed by atoms with Crippen LogP contribution in [0.4, 0.5) is 0 Å². The number of likely N-dealkylation sites (tertiary alicyclic amines) is 1. The summed E-state index contributed by atoms with van der Waals surface area (Å²) >= 11 is 0. The third-order valence-electron chi connectivity index (χ3n) is 5.06. The summed E-state index contributed by atoms with van der Waals surface area (Å²) in [5.41, 5.74) is 8.44. The summed E-state index contributed by atoms with van der Waals surface area (Å²) < 4.78 is 0. The highest BCUT2D eigenvalue weighted by atomic mass is 16.2. The van der Waals surface area contributed by atoms with Gasteiger partial charge >= 0.3 is 0 Å². The summed E-state index contributed by atoms with van der Waals surface area (Å²) in [4.78, 5) is 25.7. The van der Waals surface area contributed by atoms with Crippen molar-refractivity contribution in [3.05, 3.63) is 59.7 Å². The fraction of sp³-hybridized carbons (Fsp3) is 0.318. The van der Waals surface area contributed by atoms with Gasteiger partial charge in [-0.15, -0.1) is 0 Å². The normalized spacial score (nSPS) is 16.6. The van der Waals surface area contributed by atoms with Crippen molar-refractivity contribution >= 4 is 11.8 Å². The molecule has 2 aromatic carbocycles. The van der Waals surface area contributed by atoms with Crippen LogP contribution >= 0.6 is 0 Å². The summed E-state index contributed by atoms with van der Waals surface area (Å²) in [6, 6.07) is 17.1. The van der Waals surface area contributed by atoms with Crippen molar-refractivity contribution in [1.29, 1.82) is 5.26 Å². The number of carbonyl (C=O) groups is 2. The van der Waals surface area contributed by atoms with Gasteiger partial charge in [-0.1, -0.05) is 24.3 Å². The van der Waals surface area contributed by atoms with Crippen LogP contribution in [0, 0.1) is 17.2 Å². The van der Waals surface area contributed by atoms with Gasteiger partial charge in [0.05, 0.1) is 11.6 Å². The Labute approximate surface area is 159 Å². The molecule has 5 heteroatoms. The van der Waals surface area contributed by atoms with Gasteiger partial charge in [-0.2, -0.15) is 5.26 Å². The van der Waals surface area contributed by atoms with Crippen LogP contribution < -0.4 is 5.73 Å². The minimum atomic E-state index is -0.283. The van der Waals surface area contributed by atoms with Crippen LogP contribution in [-0.4, -0.2) is 29.8 Å². The highest BCUT2D eigenvalue weighted by Crippen LogP contribution is 2.24. The average Bonchev–Trinajstić information content (AvgIpc) is 2.72. The summed E-state index contributed by atoms with van der Waals surface area (Å²) in [5, 5.41) is 9.03. The number of nitriles is 1. The highest BCUT2D eigenvalue weighted by molar-refractivity contribution is 5.94. The van der Waals surface area contributed by atoms with Gasteiger partial charge in [-0.25, -0.2) is 0 Å². The van der Waals surface area contributed by atoms with Crippen molar-refractivity contribution in [3.8, 4) is 17.2 Å². The molecule has 0 saturated carbocycles. The first-order valence-electron chi connectivity index (χ1n) is 9.25. The van der Waals surface area contributed by atoms with E-state index in [1.54, 1.807) is 6.07 Å². The zero-order valence-electron chi connectivity index (χ0n) is 15.2. The predicted molar refractivity (Wildman–Crippen MR) is 104 cm³/mol. The van der Waals surface area contributed by atoms with E-state index >= 15 is 0 Å². The maximum absolute atomic E-state index is 12.8.